The fourth-order valence-electron chi connectivity index (χ4n) is 3.16. The fourth-order valence-corrected chi connectivity index (χ4v) is 3.89. The van der Waals surface area contributed by atoms with Crippen LogP contribution in [0.1, 0.15) is 15.9 Å². The van der Waals surface area contributed by atoms with Crippen molar-refractivity contribution in [2.75, 3.05) is 17.7 Å². The molecule has 0 aliphatic carbocycles. The highest BCUT2D eigenvalue weighted by molar-refractivity contribution is 7.89. The zero-order chi connectivity index (χ0) is 24.1. The Hall–Kier alpha value is -4.15. The van der Waals surface area contributed by atoms with E-state index >= 15 is 0 Å². The van der Waals surface area contributed by atoms with E-state index in [2.05, 4.69) is 30.3 Å². The molecule has 0 bridgehead atoms. The monoisotopic (exact) mass is 474 g/mol. The minimum atomic E-state index is -3.57. The quantitative estimate of drug-likeness (QED) is 0.372. The van der Waals surface area contributed by atoms with Crippen LogP contribution in [-0.2, 0) is 10.0 Å². The Bertz CT molecular complexity index is 1430. The van der Waals surface area contributed by atoms with E-state index in [0.29, 0.717) is 17.2 Å². The van der Waals surface area contributed by atoms with Gasteiger partial charge in [-0.2, -0.15) is 0 Å². The lowest BCUT2D eigenvalue weighted by molar-refractivity contribution is 0.102. The topological polar surface area (TPSA) is 126 Å². The van der Waals surface area contributed by atoms with Crippen molar-refractivity contribution in [1.29, 1.82) is 0 Å². The molecule has 1 amide bonds. The van der Waals surface area contributed by atoms with Gasteiger partial charge >= 0.3 is 0 Å². The van der Waals surface area contributed by atoms with Crippen molar-refractivity contribution in [2.24, 2.45) is 0 Å². The summed E-state index contributed by atoms with van der Waals surface area (Å²) in [6.45, 7) is 1.93. The number of nitrogens with zero attached hydrogens (tertiary/aromatic N) is 3. The van der Waals surface area contributed by atoms with E-state index in [4.69, 9.17) is 0 Å². The van der Waals surface area contributed by atoms with Crippen molar-refractivity contribution < 1.29 is 13.2 Å². The third-order valence-corrected chi connectivity index (χ3v) is 6.48. The first kappa shape index (κ1) is 23.0. The third-order valence-electron chi connectivity index (χ3n) is 5.05. The van der Waals surface area contributed by atoms with Crippen molar-refractivity contribution in [3.05, 3.63) is 90.4 Å². The number of hydrogen-bond donors (Lipinski definition) is 3. The molecule has 0 aliphatic heterocycles. The van der Waals surface area contributed by atoms with E-state index in [1.165, 1.54) is 31.3 Å². The second-order valence-electron chi connectivity index (χ2n) is 7.35. The number of anilines is 3. The summed E-state index contributed by atoms with van der Waals surface area (Å²) in [6.07, 6.45) is 5.09. The maximum absolute atomic E-state index is 12.7. The molecule has 0 saturated heterocycles. The molecule has 4 rings (SSSR count). The summed E-state index contributed by atoms with van der Waals surface area (Å²) in [5.74, 6) is 0.0484. The average Bonchev–Trinajstić information content (AvgIpc) is 2.87. The highest BCUT2D eigenvalue weighted by atomic mass is 32.2. The standard InChI is InChI=1S/C24H22N6O3S/c1-16-5-8-19(28-23(31)17-6-9-20(10-7-17)34(32,33)25-2)14-22(16)30-24-27-13-11-21(29-24)18-4-3-12-26-15-18/h3-15,25H,1-2H3,(H,28,31)(H,27,29,30). The van der Waals surface area contributed by atoms with Gasteiger partial charge in [-0.15, -0.1) is 0 Å². The smallest absolute Gasteiger partial charge is 0.255 e. The first-order valence-electron chi connectivity index (χ1n) is 10.3. The highest BCUT2D eigenvalue weighted by Crippen LogP contribution is 2.24. The molecule has 3 N–H and O–H groups in total. The Morgan fingerprint density at radius 1 is 0.971 bits per heavy atom. The van der Waals surface area contributed by atoms with Crippen LogP contribution < -0.4 is 15.4 Å². The largest absolute Gasteiger partial charge is 0.324 e. The molecule has 0 saturated carbocycles. The van der Waals surface area contributed by atoms with Crippen LogP contribution in [0.4, 0.5) is 17.3 Å². The first-order chi connectivity index (χ1) is 16.4. The van der Waals surface area contributed by atoms with Gasteiger partial charge in [-0.25, -0.2) is 23.1 Å². The molecule has 9 nitrogen and oxygen atoms in total. The van der Waals surface area contributed by atoms with E-state index in [-0.39, 0.29) is 10.8 Å². The minimum Gasteiger partial charge on any atom is -0.324 e. The van der Waals surface area contributed by atoms with Gasteiger partial charge in [0.05, 0.1) is 10.6 Å². The van der Waals surface area contributed by atoms with Crippen LogP contribution in [0.15, 0.2) is 84.1 Å². The van der Waals surface area contributed by atoms with E-state index < -0.39 is 10.0 Å². The average molecular weight is 475 g/mol. The van der Waals surface area contributed by atoms with Crippen LogP contribution in [0.5, 0.6) is 0 Å². The number of rotatable bonds is 7. The second kappa shape index (κ2) is 9.77. The number of benzene rings is 2. The van der Waals surface area contributed by atoms with E-state index in [0.717, 1.165) is 22.5 Å². The van der Waals surface area contributed by atoms with Gasteiger partial charge in [-0.05, 0) is 74.1 Å². The molecular formula is C24H22N6O3S. The van der Waals surface area contributed by atoms with Gasteiger partial charge in [0.15, 0.2) is 0 Å². The molecule has 172 valence electrons. The molecule has 0 atom stereocenters. The van der Waals surface area contributed by atoms with Crippen LogP contribution in [0.25, 0.3) is 11.3 Å². The first-order valence-corrected chi connectivity index (χ1v) is 11.8. The van der Waals surface area contributed by atoms with Crippen LogP contribution in [0.2, 0.25) is 0 Å². The number of hydrogen-bond acceptors (Lipinski definition) is 7. The number of sulfonamides is 1. The lowest BCUT2D eigenvalue weighted by Gasteiger charge is -2.12. The SMILES string of the molecule is CNS(=O)(=O)c1ccc(C(=O)Nc2ccc(C)c(Nc3nccc(-c4cccnc4)n3)c2)cc1. The summed E-state index contributed by atoms with van der Waals surface area (Å²) < 4.78 is 26.0. The molecule has 2 heterocycles. The molecule has 2 aromatic heterocycles. The number of carbonyl (C=O) groups is 1. The fraction of sp³-hybridized carbons (Fsp3) is 0.0833. The van der Waals surface area contributed by atoms with Crippen LogP contribution >= 0.6 is 0 Å². The van der Waals surface area contributed by atoms with Gasteiger partial charge in [0, 0.05) is 41.1 Å². The van der Waals surface area contributed by atoms with Gasteiger partial charge < -0.3 is 10.6 Å². The maximum atomic E-state index is 12.7. The Balaban J connectivity index is 1.51. The molecule has 0 unspecified atom stereocenters. The Labute approximate surface area is 197 Å². The Morgan fingerprint density at radius 3 is 2.47 bits per heavy atom. The number of pyridine rings is 1. The zero-order valence-electron chi connectivity index (χ0n) is 18.5. The summed E-state index contributed by atoms with van der Waals surface area (Å²) in [5.41, 5.74) is 4.17. The minimum absolute atomic E-state index is 0.0851. The molecule has 2 aromatic carbocycles. The molecule has 10 heteroatoms. The van der Waals surface area contributed by atoms with E-state index in [9.17, 15) is 13.2 Å². The molecule has 4 aromatic rings. The highest BCUT2D eigenvalue weighted by Gasteiger charge is 2.13. The van der Waals surface area contributed by atoms with Crippen LogP contribution in [-0.4, -0.2) is 36.3 Å². The van der Waals surface area contributed by atoms with E-state index in [1.807, 2.05) is 25.1 Å². The Kier molecular flexibility index (Phi) is 6.62. The van der Waals surface area contributed by atoms with Crippen molar-refractivity contribution in [2.45, 2.75) is 11.8 Å². The predicted molar refractivity (Wildman–Crippen MR) is 130 cm³/mol. The lowest BCUT2D eigenvalue weighted by Crippen LogP contribution is -2.19. The summed E-state index contributed by atoms with van der Waals surface area (Å²) in [7, 11) is -2.23. The van der Waals surface area contributed by atoms with Crippen molar-refractivity contribution in [3.8, 4) is 11.3 Å². The molecule has 0 fully saturated rings. The zero-order valence-corrected chi connectivity index (χ0v) is 19.3. The summed E-state index contributed by atoms with van der Waals surface area (Å²) >= 11 is 0. The molecule has 0 aliphatic rings. The third kappa shape index (κ3) is 5.25. The second-order valence-corrected chi connectivity index (χ2v) is 9.23. The number of aryl methyl sites for hydroxylation is 1. The van der Waals surface area contributed by atoms with Crippen molar-refractivity contribution in [1.82, 2.24) is 19.7 Å². The maximum Gasteiger partial charge on any atom is 0.255 e. The number of amides is 1. The molecule has 0 radical (unpaired) electrons. The number of aromatic nitrogens is 3. The number of nitrogens with one attached hydrogen (secondary N) is 3. The normalized spacial score (nSPS) is 11.1. The lowest BCUT2D eigenvalue weighted by atomic mass is 10.1. The summed E-state index contributed by atoms with van der Waals surface area (Å²) in [6, 6.07) is 16.7. The van der Waals surface area contributed by atoms with E-state index in [1.54, 1.807) is 36.8 Å². The Morgan fingerprint density at radius 2 is 1.76 bits per heavy atom. The van der Waals surface area contributed by atoms with Gasteiger partial charge in [-0.3, -0.25) is 9.78 Å². The molecule has 0 spiro atoms. The molecule has 34 heavy (non-hydrogen) atoms. The summed E-state index contributed by atoms with van der Waals surface area (Å²) in [5, 5.41) is 6.03. The van der Waals surface area contributed by atoms with Gasteiger partial charge in [0.2, 0.25) is 16.0 Å². The summed E-state index contributed by atoms with van der Waals surface area (Å²) in [4.78, 5) is 25.7. The predicted octanol–water partition coefficient (Wildman–Crippen LogP) is 3.75. The van der Waals surface area contributed by atoms with Crippen molar-refractivity contribution >= 4 is 33.3 Å². The molecular weight excluding hydrogens is 452 g/mol. The van der Waals surface area contributed by atoms with Gasteiger partial charge in [-0.1, -0.05) is 6.07 Å². The van der Waals surface area contributed by atoms with Crippen LogP contribution in [0.3, 0.4) is 0 Å². The number of carbonyl (C=O) groups excluding carboxylic acids is 1. The van der Waals surface area contributed by atoms with Gasteiger partial charge in [0.25, 0.3) is 5.91 Å². The van der Waals surface area contributed by atoms with Crippen LogP contribution in [0, 0.1) is 6.92 Å². The van der Waals surface area contributed by atoms with Gasteiger partial charge in [0.1, 0.15) is 0 Å². The van der Waals surface area contributed by atoms with Crippen molar-refractivity contribution in [3.63, 3.8) is 0 Å².